The van der Waals surface area contributed by atoms with Crippen molar-refractivity contribution in [2.45, 2.75) is 20.4 Å². The topological polar surface area (TPSA) is 55.0 Å². The zero-order chi connectivity index (χ0) is 12.4. The van der Waals surface area contributed by atoms with Crippen LogP contribution in [0, 0.1) is 13.8 Å². The SMILES string of the molecule is Cc1ccc(N(C)Cc2nnc(N)s2)c(C)c1. The van der Waals surface area contributed by atoms with Crippen LogP contribution < -0.4 is 10.6 Å². The van der Waals surface area contributed by atoms with Gasteiger partial charge >= 0.3 is 0 Å². The van der Waals surface area contributed by atoms with Crippen molar-refractivity contribution in [1.29, 1.82) is 0 Å². The van der Waals surface area contributed by atoms with E-state index in [1.165, 1.54) is 28.2 Å². The second kappa shape index (κ2) is 4.71. The fourth-order valence-electron chi connectivity index (χ4n) is 1.85. The zero-order valence-corrected chi connectivity index (χ0v) is 11.1. The van der Waals surface area contributed by atoms with E-state index in [9.17, 15) is 0 Å². The fourth-order valence-corrected chi connectivity index (χ4v) is 2.52. The molecule has 1 aromatic carbocycles. The van der Waals surface area contributed by atoms with Crippen LogP contribution in [0.25, 0.3) is 0 Å². The Hall–Kier alpha value is -1.62. The molecule has 0 spiro atoms. The van der Waals surface area contributed by atoms with E-state index in [2.05, 4.69) is 54.2 Å². The van der Waals surface area contributed by atoms with Gasteiger partial charge in [-0.15, -0.1) is 10.2 Å². The molecule has 0 aliphatic rings. The minimum Gasteiger partial charge on any atom is -0.374 e. The van der Waals surface area contributed by atoms with Crippen molar-refractivity contribution in [3.8, 4) is 0 Å². The minimum atomic E-state index is 0.522. The van der Waals surface area contributed by atoms with Gasteiger partial charge in [-0.05, 0) is 25.5 Å². The predicted molar refractivity (Wildman–Crippen MR) is 72.3 cm³/mol. The van der Waals surface area contributed by atoms with Gasteiger partial charge < -0.3 is 10.6 Å². The summed E-state index contributed by atoms with van der Waals surface area (Å²) >= 11 is 1.43. The van der Waals surface area contributed by atoms with Gasteiger partial charge in [0.15, 0.2) is 0 Å². The van der Waals surface area contributed by atoms with Gasteiger partial charge in [0.2, 0.25) is 5.13 Å². The molecule has 2 rings (SSSR count). The molecule has 5 heteroatoms. The second-order valence-electron chi connectivity index (χ2n) is 4.18. The summed E-state index contributed by atoms with van der Waals surface area (Å²) in [5.41, 5.74) is 9.33. The van der Waals surface area contributed by atoms with Crippen molar-refractivity contribution in [1.82, 2.24) is 10.2 Å². The number of benzene rings is 1. The lowest BCUT2D eigenvalue weighted by Crippen LogP contribution is -2.17. The summed E-state index contributed by atoms with van der Waals surface area (Å²) in [6.45, 7) is 4.95. The van der Waals surface area contributed by atoms with Crippen molar-refractivity contribution in [3.05, 3.63) is 34.3 Å². The third kappa shape index (κ3) is 2.74. The molecule has 0 fully saturated rings. The summed E-state index contributed by atoms with van der Waals surface area (Å²) in [5, 5.41) is 9.31. The standard InChI is InChI=1S/C12H16N4S/c1-8-4-5-10(9(2)6-8)16(3)7-11-14-15-12(13)17-11/h4-6H,7H2,1-3H3,(H2,13,15). The first-order valence-corrected chi connectivity index (χ1v) is 6.24. The van der Waals surface area contributed by atoms with E-state index < -0.39 is 0 Å². The first kappa shape index (κ1) is 11.9. The van der Waals surface area contributed by atoms with Crippen molar-refractivity contribution < 1.29 is 0 Å². The number of hydrogen-bond donors (Lipinski definition) is 1. The molecule has 0 saturated carbocycles. The van der Waals surface area contributed by atoms with Gasteiger partial charge in [0.1, 0.15) is 5.01 Å². The number of aromatic nitrogens is 2. The Balaban J connectivity index is 2.17. The monoisotopic (exact) mass is 248 g/mol. The van der Waals surface area contributed by atoms with Crippen LogP contribution >= 0.6 is 11.3 Å². The smallest absolute Gasteiger partial charge is 0.203 e. The lowest BCUT2D eigenvalue weighted by atomic mass is 10.1. The molecule has 90 valence electrons. The summed E-state index contributed by atoms with van der Waals surface area (Å²) in [7, 11) is 2.05. The van der Waals surface area contributed by atoms with Crippen molar-refractivity contribution in [2.75, 3.05) is 17.7 Å². The Morgan fingerprint density at radius 3 is 2.65 bits per heavy atom. The molecule has 2 N–H and O–H groups in total. The average Bonchev–Trinajstić information content (AvgIpc) is 2.63. The molecule has 0 aliphatic carbocycles. The maximum atomic E-state index is 5.57. The normalized spacial score (nSPS) is 10.5. The van der Waals surface area contributed by atoms with Crippen molar-refractivity contribution in [2.24, 2.45) is 0 Å². The molecule has 17 heavy (non-hydrogen) atoms. The highest BCUT2D eigenvalue weighted by molar-refractivity contribution is 7.15. The van der Waals surface area contributed by atoms with Crippen LogP contribution in [0.4, 0.5) is 10.8 Å². The Labute approximate surface area is 105 Å². The molecule has 0 bridgehead atoms. The number of hydrogen-bond acceptors (Lipinski definition) is 5. The van der Waals surface area contributed by atoms with Gasteiger partial charge in [-0.1, -0.05) is 29.0 Å². The first-order chi connectivity index (χ1) is 8.06. The fraction of sp³-hybridized carbons (Fsp3) is 0.333. The molecular weight excluding hydrogens is 232 g/mol. The molecule has 4 nitrogen and oxygen atoms in total. The van der Waals surface area contributed by atoms with Crippen LogP contribution in [0.3, 0.4) is 0 Å². The van der Waals surface area contributed by atoms with Gasteiger partial charge in [0.25, 0.3) is 0 Å². The van der Waals surface area contributed by atoms with Crippen molar-refractivity contribution >= 4 is 22.2 Å². The Bertz CT molecular complexity index is 521. The molecule has 0 saturated heterocycles. The van der Waals surface area contributed by atoms with Gasteiger partial charge in [-0.25, -0.2) is 0 Å². The Morgan fingerprint density at radius 2 is 2.06 bits per heavy atom. The number of nitrogens with zero attached hydrogens (tertiary/aromatic N) is 3. The van der Waals surface area contributed by atoms with Crippen LogP contribution in [0.15, 0.2) is 18.2 Å². The second-order valence-corrected chi connectivity index (χ2v) is 5.27. The van der Waals surface area contributed by atoms with E-state index in [0.717, 1.165) is 11.6 Å². The van der Waals surface area contributed by atoms with Crippen molar-refractivity contribution in [3.63, 3.8) is 0 Å². The quantitative estimate of drug-likeness (QED) is 0.906. The number of aryl methyl sites for hydroxylation is 2. The molecule has 0 unspecified atom stereocenters. The molecule has 1 heterocycles. The summed E-state index contributed by atoms with van der Waals surface area (Å²) < 4.78 is 0. The van der Waals surface area contributed by atoms with E-state index in [4.69, 9.17) is 5.73 Å². The third-order valence-electron chi connectivity index (χ3n) is 2.62. The summed E-state index contributed by atoms with van der Waals surface area (Å²) in [6.07, 6.45) is 0. The maximum absolute atomic E-state index is 5.57. The van der Waals surface area contributed by atoms with E-state index in [1.807, 2.05) is 0 Å². The molecule has 0 radical (unpaired) electrons. The summed E-state index contributed by atoms with van der Waals surface area (Å²) in [4.78, 5) is 2.16. The van der Waals surface area contributed by atoms with Crippen LogP contribution in [-0.4, -0.2) is 17.2 Å². The molecular formula is C12H16N4S. The number of nitrogens with two attached hydrogens (primary N) is 1. The molecule has 0 amide bonds. The largest absolute Gasteiger partial charge is 0.374 e. The maximum Gasteiger partial charge on any atom is 0.203 e. The van der Waals surface area contributed by atoms with Gasteiger partial charge in [0.05, 0.1) is 6.54 Å². The minimum absolute atomic E-state index is 0.522. The molecule has 2 aromatic rings. The predicted octanol–water partition coefficient (Wildman–Crippen LogP) is 2.37. The summed E-state index contributed by atoms with van der Waals surface area (Å²) in [6, 6.07) is 6.43. The first-order valence-electron chi connectivity index (χ1n) is 5.42. The van der Waals surface area contributed by atoms with Gasteiger partial charge in [0, 0.05) is 12.7 Å². The van der Waals surface area contributed by atoms with Gasteiger partial charge in [-0.2, -0.15) is 0 Å². The van der Waals surface area contributed by atoms with Crippen LogP contribution in [-0.2, 0) is 6.54 Å². The molecule has 0 aliphatic heterocycles. The third-order valence-corrected chi connectivity index (χ3v) is 3.36. The highest BCUT2D eigenvalue weighted by Gasteiger charge is 2.08. The lowest BCUT2D eigenvalue weighted by molar-refractivity contribution is 0.877. The molecule has 1 aromatic heterocycles. The highest BCUT2D eigenvalue weighted by atomic mass is 32.1. The highest BCUT2D eigenvalue weighted by Crippen LogP contribution is 2.22. The Morgan fingerprint density at radius 1 is 1.29 bits per heavy atom. The summed E-state index contributed by atoms with van der Waals surface area (Å²) in [5.74, 6) is 0. The average molecular weight is 248 g/mol. The number of rotatable bonds is 3. The zero-order valence-electron chi connectivity index (χ0n) is 10.3. The number of anilines is 2. The lowest BCUT2D eigenvalue weighted by Gasteiger charge is -2.20. The number of nitrogen functional groups attached to an aromatic ring is 1. The Kier molecular flexibility index (Phi) is 3.28. The van der Waals surface area contributed by atoms with Crippen LogP contribution in [0.2, 0.25) is 0 Å². The van der Waals surface area contributed by atoms with E-state index in [0.29, 0.717) is 5.13 Å². The van der Waals surface area contributed by atoms with E-state index in [1.54, 1.807) is 0 Å². The van der Waals surface area contributed by atoms with Crippen LogP contribution in [0.5, 0.6) is 0 Å². The van der Waals surface area contributed by atoms with E-state index in [-0.39, 0.29) is 0 Å². The molecule has 0 atom stereocenters. The van der Waals surface area contributed by atoms with Crippen LogP contribution in [0.1, 0.15) is 16.1 Å². The van der Waals surface area contributed by atoms with Gasteiger partial charge in [-0.3, -0.25) is 0 Å². The van der Waals surface area contributed by atoms with E-state index >= 15 is 0 Å².